The number of nitrogens with one attached hydrogen (secondary N) is 1. The second kappa shape index (κ2) is 8.39. The fraction of sp³-hybridized carbons (Fsp3) is 0.522. The number of anilines is 1. The van der Waals surface area contributed by atoms with E-state index in [1.807, 2.05) is 38.2 Å². The molecule has 0 atom stereocenters. The number of likely N-dealkylation sites (tertiary alicyclic amines) is 1. The summed E-state index contributed by atoms with van der Waals surface area (Å²) in [4.78, 5) is 6.87. The molecule has 1 aliphatic heterocycles. The molecule has 0 bridgehead atoms. The molecule has 0 amide bonds. The molecule has 7 heteroatoms. The van der Waals surface area contributed by atoms with Gasteiger partial charge in [-0.25, -0.2) is 4.68 Å². The second-order valence-corrected chi connectivity index (χ2v) is 8.67. The second-order valence-electron chi connectivity index (χ2n) is 8.67. The van der Waals surface area contributed by atoms with Gasteiger partial charge in [0.05, 0.1) is 11.4 Å². The van der Waals surface area contributed by atoms with E-state index in [1.54, 1.807) is 4.68 Å². The number of rotatable bonds is 5. The Morgan fingerprint density at radius 1 is 1.30 bits per heavy atom. The van der Waals surface area contributed by atoms with Crippen LogP contribution in [0.4, 0.5) is 5.82 Å². The van der Waals surface area contributed by atoms with E-state index in [4.69, 9.17) is 5.73 Å². The molecule has 1 aromatic carbocycles. The first-order chi connectivity index (χ1) is 14.5. The van der Waals surface area contributed by atoms with Crippen LogP contribution in [0, 0.1) is 23.7 Å². The number of benzene rings is 1. The first kappa shape index (κ1) is 20.3. The summed E-state index contributed by atoms with van der Waals surface area (Å²) in [5, 5.41) is 17.7. The molecule has 2 heterocycles. The topological polar surface area (TPSA) is 95.3 Å². The molecule has 1 saturated heterocycles. The van der Waals surface area contributed by atoms with Crippen LogP contribution >= 0.6 is 0 Å². The maximum absolute atomic E-state index is 9.58. The maximum atomic E-state index is 9.58. The predicted octanol–water partition coefficient (Wildman–Crippen LogP) is 3.02. The van der Waals surface area contributed by atoms with E-state index in [1.165, 1.54) is 31.2 Å². The van der Waals surface area contributed by atoms with E-state index in [0.29, 0.717) is 23.2 Å². The number of nitrogens with zero attached hydrogens (tertiary/aromatic N) is 5. The molecule has 3 N–H and O–H groups in total. The minimum Gasteiger partial charge on any atom is -0.382 e. The Hall–Kier alpha value is -3.01. The van der Waals surface area contributed by atoms with Crippen LogP contribution in [0.15, 0.2) is 29.3 Å². The molecule has 2 aromatic rings. The smallest absolute Gasteiger partial charge is 0.193 e. The normalized spacial score (nSPS) is 17.8. The minimum atomic E-state index is 0.406. The molecule has 158 valence electrons. The molecule has 0 unspecified atom stereocenters. The molecular weight excluding hydrogens is 374 g/mol. The lowest BCUT2D eigenvalue weighted by Gasteiger charge is -2.38. The Morgan fingerprint density at radius 2 is 2.07 bits per heavy atom. The van der Waals surface area contributed by atoms with Crippen molar-refractivity contribution in [2.45, 2.75) is 45.4 Å². The maximum Gasteiger partial charge on any atom is 0.193 e. The zero-order chi connectivity index (χ0) is 21.1. The summed E-state index contributed by atoms with van der Waals surface area (Å²) in [6, 6.07) is 10.2. The molecule has 0 radical (unpaired) electrons. The van der Waals surface area contributed by atoms with Crippen LogP contribution in [0.1, 0.15) is 48.9 Å². The molecule has 1 saturated carbocycles. The first-order valence-corrected chi connectivity index (χ1v) is 10.9. The van der Waals surface area contributed by atoms with Gasteiger partial charge in [-0.2, -0.15) is 10.4 Å². The highest BCUT2D eigenvalue weighted by Crippen LogP contribution is 2.47. The fourth-order valence-electron chi connectivity index (χ4n) is 4.65. The molecule has 2 aliphatic rings. The van der Waals surface area contributed by atoms with Crippen LogP contribution in [-0.4, -0.2) is 47.3 Å². The highest BCUT2D eigenvalue weighted by Gasteiger charge is 2.43. The van der Waals surface area contributed by atoms with E-state index in [0.717, 1.165) is 43.4 Å². The van der Waals surface area contributed by atoms with E-state index in [9.17, 15) is 5.26 Å². The van der Waals surface area contributed by atoms with Crippen molar-refractivity contribution in [3.8, 4) is 11.8 Å². The Balaban J connectivity index is 1.35. The standard InChI is InChI=1S/C23H31N7/c1-17-6-8-18(9-7-17)30-21(25)19(15-24)20(28-30)5-3-13-27-22(26-2)29-14-12-23(16-29)10-4-11-23/h6-9H,3-5,10-14,16,25H2,1-2H3,(H,26,27). The Morgan fingerprint density at radius 3 is 2.67 bits per heavy atom. The third kappa shape index (κ3) is 3.87. The third-order valence-corrected chi connectivity index (χ3v) is 6.62. The number of aromatic nitrogens is 2. The van der Waals surface area contributed by atoms with Crippen molar-refractivity contribution in [3.05, 3.63) is 41.1 Å². The van der Waals surface area contributed by atoms with Crippen molar-refractivity contribution in [1.82, 2.24) is 20.0 Å². The summed E-state index contributed by atoms with van der Waals surface area (Å²) in [6.07, 6.45) is 6.94. The highest BCUT2D eigenvalue weighted by molar-refractivity contribution is 5.80. The van der Waals surface area contributed by atoms with Crippen molar-refractivity contribution >= 4 is 11.8 Å². The molecule has 1 aliphatic carbocycles. The fourth-order valence-corrected chi connectivity index (χ4v) is 4.65. The van der Waals surface area contributed by atoms with Gasteiger partial charge in [-0.15, -0.1) is 0 Å². The van der Waals surface area contributed by atoms with Crippen LogP contribution in [0.3, 0.4) is 0 Å². The summed E-state index contributed by atoms with van der Waals surface area (Å²) >= 11 is 0. The van der Waals surface area contributed by atoms with Crippen molar-refractivity contribution < 1.29 is 0 Å². The minimum absolute atomic E-state index is 0.406. The molecule has 4 rings (SSSR count). The predicted molar refractivity (Wildman–Crippen MR) is 120 cm³/mol. The molecule has 30 heavy (non-hydrogen) atoms. The van der Waals surface area contributed by atoms with Crippen molar-refractivity contribution in [3.63, 3.8) is 0 Å². The number of aryl methyl sites for hydroxylation is 2. The molecule has 7 nitrogen and oxygen atoms in total. The van der Waals surface area contributed by atoms with Gasteiger partial charge in [-0.05, 0) is 56.6 Å². The summed E-state index contributed by atoms with van der Waals surface area (Å²) in [5.41, 5.74) is 10.1. The molecular formula is C23H31N7. The van der Waals surface area contributed by atoms with Gasteiger partial charge in [0.25, 0.3) is 0 Å². The van der Waals surface area contributed by atoms with E-state index in [2.05, 4.69) is 26.4 Å². The Labute approximate surface area is 178 Å². The number of nitriles is 1. The van der Waals surface area contributed by atoms with Gasteiger partial charge in [0.15, 0.2) is 5.96 Å². The number of hydrogen-bond donors (Lipinski definition) is 2. The van der Waals surface area contributed by atoms with E-state index < -0.39 is 0 Å². The summed E-state index contributed by atoms with van der Waals surface area (Å²) < 4.78 is 1.67. The van der Waals surface area contributed by atoms with Gasteiger partial charge in [0, 0.05) is 26.7 Å². The zero-order valence-electron chi connectivity index (χ0n) is 18.0. The van der Waals surface area contributed by atoms with Crippen molar-refractivity contribution in [2.75, 3.05) is 32.4 Å². The van der Waals surface area contributed by atoms with Crippen LogP contribution < -0.4 is 11.1 Å². The lowest BCUT2D eigenvalue weighted by Crippen LogP contribution is -2.42. The summed E-state index contributed by atoms with van der Waals surface area (Å²) in [6.45, 7) is 5.05. The highest BCUT2D eigenvalue weighted by atomic mass is 15.3. The van der Waals surface area contributed by atoms with Crippen LogP contribution in [0.5, 0.6) is 0 Å². The summed E-state index contributed by atoms with van der Waals surface area (Å²) in [7, 11) is 1.85. The van der Waals surface area contributed by atoms with Crippen LogP contribution in [0.2, 0.25) is 0 Å². The number of nitrogen functional groups attached to an aromatic ring is 1. The van der Waals surface area contributed by atoms with E-state index >= 15 is 0 Å². The van der Waals surface area contributed by atoms with Crippen LogP contribution in [-0.2, 0) is 6.42 Å². The van der Waals surface area contributed by atoms with E-state index in [-0.39, 0.29) is 0 Å². The SMILES string of the molecule is CN=C(NCCCc1nn(-c2ccc(C)cc2)c(N)c1C#N)N1CCC2(CCC2)C1. The Kier molecular flexibility index (Phi) is 5.67. The third-order valence-electron chi connectivity index (χ3n) is 6.62. The lowest BCUT2D eigenvalue weighted by atomic mass is 9.68. The van der Waals surface area contributed by atoms with Crippen molar-refractivity contribution in [1.29, 1.82) is 5.26 Å². The van der Waals surface area contributed by atoms with Crippen molar-refractivity contribution in [2.24, 2.45) is 10.4 Å². The average Bonchev–Trinajstić information content (AvgIpc) is 3.31. The van der Waals surface area contributed by atoms with Gasteiger partial charge in [-0.1, -0.05) is 24.1 Å². The first-order valence-electron chi connectivity index (χ1n) is 10.9. The number of hydrogen-bond acceptors (Lipinski definition) is 4. The lowest BCUT2D eigenvalue weighted by molar-refractivity contribution is 0.151. The summed E-state index contributed by atoms with van der Waals surface area (Å²) in [5.74, 6) is 1.40. The van der Waals surface area contributed by atoms with Gasteiger partial charge < -0.3 is 16.0 Å². The average molecular weight is 406 g/mol. The monoisotopic (exact) mass is 405 g/mol. The van der Waals surface area contributed by atoms with Crippen LogP contribution in [0.25, 0.3) is 5.69 Å². The van der Waals surface area contributed by atoms with Gasteiger partial charge in [0.1, 0.15) is 17.5 Å². The zero-order valence-corrected chi connectivity index (χ0v) is 18.0. The van der Waals surface area contributed by atoms with Gasteiger partial charge in [0.2, 0.25) is 0 Å². The van der Waals surface area contributed by atoms with Gasteiger partial charge >= 0.3 is 0 Å². The number of guanidine groups is 1. The van der Waals surface area contributed by atoms with Gasteiger partial charge in [-0.3, -0.25) is 4.99 Å². The molecule has 1 spiro atoms. The Bertz CT molecular complexity index is 961. The number of nitrogens with two attached hydrogens (primary N) is 1. The molecule has 2 fully saturated rings. The largest absolute Gasteiger partial charge is 0.382 e. The molecule has 1 aromatic heterocycles. The number of aliphatic imine (C=N–C) groups is 1. The quantitative estimate of drug-likeness (QED) is 0.453.